The molecule has 8 aromatic rings. The Balaban J connectivity index is 0.000000234. The van der Waals surface area contributed by atoms with Gasteiger partial charge in [-0.05, 0) is 112 Å². The van der Waals surface area contributed by atoms with Crippen LogP contribution in [0.15, 0.2) is 133 Å². The van der Waals surface area contributed by atoms with Crippen LogP contribution >= 0.6 is 0 Å². The van der Waals surface area contributed by atoms with Crippen LogP contribution in [0.3, 0.4) is 0 Å². The summed E-state index contributed by atoms with van der Waals surface area (Å²) in [6.45, 7) is 17.5. The maximum atomic E-state index is 6.25. The second kappa shape index (κ2) is 24.0. The summed E-state index contributed by atoms with van der Waals surface area (Å²) in [5.41, 5.74) is 35.3. The molecule has 0 aliphatic carbocycles. The second-order valence-corrected chi connectivity index (χ2v) is 16.5. The van der Waals surface area contributed by atoms with E-state index in [-0.39, 0.29) is 48.0 Å². The number of pyridine rings is 2. The van der Waals surface area contributed by atoms with Gasteiger partial charge in [0.2, 0.25) is 22.4 Å². The van der Waals surface area contributed by atoms with Gasteiger partial charge in [-0.3, -0.25) is 0 Å². The van der Waals surface area contributed by atoms with Gasteiger partial charge in [0.25, 0.3) is 0 Å². The Morgan fingerprint density at radius 1 is 0.391 bits per heavy atom. The van der Waals surface area contributed by atoms with Crippen molar-refractivity contribution in [2.24, 2.45) is 0 Å². The third-order valence-corrected chi connectivity index (χ3v) is 12.1. The number of benzene rings is 6. The Bertz CT molecular complexity index is 2570. The number of hydrogen-bond donors (Lipinski definition) is 4. The van der Waals surface area contributed by atoms with Gasteiger partial charge in [-0.1, -0.05) is 76.2 Å². The van der Waals surface area contributed by atoms with Crippen molar-refractivity contribution < 1.29 is 57.1 Å². The Morgan fingerprint density at radius 3 is 1.08 bits per heavy atom. The maximum Gasteiger partial charge on any atom is 0.220 e. The molecule has 2 heterocycles. The van der Waals surface area contributed by atoms with Crippen LogP contribution in [0.25, 0.3) is 65.9 Å². The van der Waals surface area contributed by atoms with E-state index in [1.807, 2.05) is 24.3 Å². The lowest BCUT2D eigenvalue weighted by atomic mass is 9.98. The minimum absolute atomic E-state index is 0. The van der Waals surface area contributed by atoms with E-state index in [0.717, 1.165) is 87.9 Å². The van der Waals surface area contributed by atoms with Gasteiger partial charge in [-0.25, -0.2) is 0 Å². The number of nitrogen functional groups attached to an aromatic ring is 4. The molecular weight excluding hydrogens is 1010 g/mol. The molecule has 2 aromatic heterocycles. The predicted molar refractivity (Wildman–Crippen MR) is 266 cm³/mol. The lowest BCUT2D eigenvalue weighted by Crippen LogP contribution is -3.00. The van der Waals surface area contributed by atoms with Crippen molar-refractivity contribution in [3.8, 4) is 22.5 Å². The molecule has 6 aromatic carbocycles. The molecule has 8 rings (SSSR count). The summed E-state index contributed by atoms with van der Waals surface area (Å²) in [6, 6.07) is 46.2. The third kappa shape index (κ3) is 11.5. The average Bonchev–Trinajstić information content (AvgIpc) is 3.28. The van der Waals surface area contributed by atoms with Gasteiger partial charge >= 0.3 is 0 Å². The van der Waals surface area contributed by atoms with Crippen LogP contribution in [0.4, 0.5) is 22.7 Å². The summed E-state index contributed by atoms with van der Waals surface area (Å²) in [6.07, 6.45) is 4.53. The van der Waals surface area contributed by atoms with Crippen LogP contribution in [-0.4, -0.2) is 49.1 Å². The zero-order chi connectivity index (χ0) is 43.6. The largest absolute Gasteiger partial charge is 1.00 e. The van der Waals surface area contributed by atoms with E-state index >= 15 is 0 Å². The average molecular weight is 1080 g/mol. The fourth-order valence-corrected chi connectivity index (χ4v) is 9.19. The number of aryl methyl sites for hydroxylation is 2. The molecule has 0 bridgehead atoms. The number of aromatic nitrogens is 2. The van der Waals surface area contributed by atoms with Gasteiger partial charge in [0, 0.05) is 82.7 Å². The van der Waals surface area contributed by atoms with Crippen LogP contribution in [0.5, 0.6) is 0 Å². The molecule has 0 amide bonds. The van der Waals surface area contributed by atoms with E-state index in [9.17, 15) is 0 Å². The zero-order valence-corrected chi connectivity index (χ0v) is 42.4. The molecule has 0 fully saturated rings. The first-order valence-corrected chi connectivity index (χ1v) is 22.7. The Hall–Kier alpha value is -4.76. The molecule has 0 saturated carbocycles. The van der Waals surface area contributed by atoms with Gasteiger partial charge in [0.15, 0.2) is 13.1 Å². The first kappa shape index (κ1) is 50.2. The molecule has 336 valence electrons. The standard InChI is InChI=1S/2C27H32N4.2HI/c2*1-3-15-30(4-2)16-8-17-31-26-19-22(29)12-14-24(26)23-13-11-21(28)18-25(23)27(31)20-9-6-5-7-10-20;;/h2*5-7,9-14,18-19,29H,3-4,8,15-17,28H2,1-2H3;2*1H. The summed E-state index contributed by atoms with van der Waals surface area (Å²) in [7, 11) is 0. The number of rotatable bonds is 16. The van der Waals surface area contributed by atoms with E-state index in [1.165, 1.54) is 78.7 Å². The highest BCUT2D eigenvalue weighted by molar-refractivity contribution is 6.11. The number of halogens is 2. The fraction of sp³-hybridized carbons (Fsp3) is 0.296. The summed E-state index contributed by atoms with van der Waals surface area (Å²) in [4.78, 5) is 5.05. The molecule has 8 N–H and O–H groups in total. The minimum atomic E-state index is 0. The molecule has 0 saturated heterocycles. The molecular formula is C54H66I2N8. The maximum absolute atomic E-state index is 6.25. The fourth-order valence-electron chi connectivity index (χ4n) is 9.19. The zero-order valence-electron chi connectivity index (χ0n) is 38.0. The number of anilines is 4. The molecule has 0 aliphatic heterocycles. The quantitative estimate of drug-likeness (QED) is 0.0492. The monoisotopic (exact) mass is 1080 g/mol. The van der Waals surface area contributed by atoms with Crippen LogP contribution in [0.1, 0.15) is 53.4 Å². The number of hydrogen-bond acceptors (Lipinski definition) is 6. The smallest absolute Gasteiger partial charge is 0.220 e. The first-order valence-electron chi connectivity index (χ1n) is 22.7. The van der Waals surface area contributed by atoms with Gasteiger partial charge in [0.05, 0.1) is 21.5 Å². The van der Waals surface area contributed by atoms with Gasteiger partial charge in [-0.2, -0.15) is 9.13 Å². The normalized spacial score (nSPS) is 11.2. The van der Waals surface area contributed by atoms with E-state index in [2.05, 4.69) is 156 Å². The molecule has 10 heteroatoms. The van der Waals surface area contributed by atoms with Crippen LogP contribution < -0.4 is 80.0 Å². The lowest BCUT2D eigenvalue weighted by molar-refractivity contribution is -0.660. The second-order valence-electron chi connectivity index (χ2n) is 16.5. The first-order chi connectivity index (χ1) is 30.2. The lowest BCUT2D eigenvalue weighted by Gasteiger charge is -2.19. The number of nitrogens with two attached hydrogens (primary N) is 4. The Labute approximate surface area is 414 Å². The Kier molecular flexibility index (Phi) is 18.8. The van der Waals surface area contributed by atoms with E-state index in [4.69, 9.17) is 22.9 Å². The van der Waals surface area contributed by atoms with E-state index in [1.54, 1.807) is 0 Å². The Morgan fingerprint density at radius 2 is 0.734 bits per heavy atom. The van der Waals surface area contributed by atoms with Crippen molar-refractivity contribution in [2.75, 3.05) is 62.2 Å². The van der Waals surface area contributed by atoms with Crippen LogP contribution in [0, 0.1) is 0 Å². The summed E-state index contributed by atoms with van der Waals surface area (Å²) in [5, 5.41) is 7.21. The molecule has 0 spiro atoms. The third-order valence-electron chi connectivity index (χ3n) is 12.1. The van der Waals surface area contributed by atoms with Crippen LogP contribution in [0.2, 0.25) is 0 Å². The number of nitrogens with zero attached hydrogens (tertiary/aromatic N) is 4. The van der Waals surface area contributed by atoms with Crippen molar-refractivity contribution in [3.05, 3.63) is 133 Å². The summed E-state index contributed by atoms with van der Waals surface area (Å²) < 4.78 is 4.89. The summed E-state index contributed by atoms with van der Waals surface area (Å²) in [5.74, 6) is 0. The predicted octanol–water partition coefficient (Wildman–Crippen LogP) is 4.48. The molecule has 8 nitrogen and oxygen atoms in total. The van der Waals surface area contributed by atoms with Gasteiger partial charge < -0.3 is 80.7 Å². The number of fused-ring (bicyclic) bond motifs is 6. The highest BCUT2D eigenvalue weighted by Crippen LogP contribution is 2.35. The topological polar surface area (TPSA) is 118 Å². The van der Waals surface area contributed by atoms with Crippen molar-refractivity contribution in [1.82, 2.24) is 9.80 Å². The van der Waals surface area contributed by atoms with E-state index in [0.29, 0.717) is 0 Å². The van der Waals surface area contributed by atoms with E-state index < -0.39 is 0 Å². The van der Waals surface area contributed by atoms with Gasteiger partial charge in [-0.15, -0.1) is 0 Å². The minimum Gasteiger partial charge on any atom is -1.00 e. The van der Waals surface area contributed by atoms with Crippen molar-refractivity contribution in [2.45, 2.75) is 66.5 Å². The van der Waals surface area contributed by atoms with Crippen LogP contribution in [-0.2, 0) is 13.1 Å². The summed E-state index contributed by atoms with van der Waals surface area (Å²) >= 11 is 0. The molecule has 0 radical (unpaired) electrons. The van der Waals surface area contributed by atoms with Gasteiger partial charge in [0.1, 0.15) is 0 Å². The highest BCUT2D eigenvalue weighted by atomic mass is 127. The molecule has 0 atom stereocenters. The molecule has 0 aliphatic rings. The molecule has 0 unspecified atom stereocenters. The SMILES string of the molecule is CCCN(CC)CCC[n+]1c(-c2ccccc2)c2cc(N)ccc2c2ccc(N)cc21.CCCN(CC)CCC[n+]1c(-c2ccccc2)c2cc(N)ccc2c2ccc(N)cc21.[I-].[I-]. The highest BCUT2D eigenvalue weighted by Gasteiger charge is 2.25. The van der Waals surface area contributed by atoms with Crippen molar-refractivity contribution in [1.29, 1.82) is 0 Å². The molecule has 64 heavy (non-hydrogen) atoms. The van der Waals surface area contributed by atoms with Crippen molar-refractivity contribution in [3.63, 3.8) is 0 Å². The van der Waals surface area contributed by atoms with Crippen molar-refractivity contribution >= 4 is 66.1 Å².